The topological polar surface area (TPSA) is 111 Å². The molecule has 0 amide bonds. The Bertz CT molecular complexity index is 630. The first-order valence-electron chi connectivity index (χ1n) is 7.13. The number of ether oxygens (including phenoxy) is 3. The second kappa shape index (κ2) is 5.74. The van der Waals surface area contributed by atoms with Gasteiger partial charge in [0.05, 0.1) is 7.11 Å². The van der Waals surface area contributed by atoms with Crippen molar-refractivity contribution in [2.24, 2.45) is 10.2 Å². The van der Waals surface area contributed by atoms with Crippen LogP contribution in [0.2, 0.25) is 0 Å². The van der Waals surface area contributed by atoms with E-state index in [9.17, 15) is 4.79 Å². The molecule has 0 bridgehead atoms. The van der Waals surface area contributed by atoms with E-state index in [1.165, 1.54) is 7.11 Å². The largest absolute Gasteiger partial charge is 0.467 e. The average molecular weight is 307 g/mol. The van der Waals surface area contributed by atoms with Crippen LogP contribution in [0.4, 0.5) is 5.95 Å². The first kappa shape index (κ1) is 14.5. The standard InChI is InChI=1S/C13H17N5O4/c1-8-14-12(17-15-8)18-16-9-10(19)21-13(22-11(9)20-2)6-4-3-5-7-13/h3-7H2,1-2H3,(H,14,15,17). The van der Waals surface area contributed by atoms with Crippen molar-refractivity contribution in [3.8, 4) is 0 Å². The molecule has 2 heterocycles. The maximum atomic E-state index is 12.2. The van der Waals surface area contributed by atoms with E-state index in [1.54, 1.807) is 6.92 Å². The maximum Gasteiger partial charge on any atom is 0.369 e. The highest BCUT2D eigenvalue weighted by atomic mass is 16.8. The van der Waals surface area contributed by atoms with E-state index in [1.807, 2.05) is 0 Å². The molecule has 1 aromatic heterocycles. The van der Waals surface area contributed by atoms with E-state index in [0.717, 1.165) is 19.3 Å². The molecular weight excluding hydrogens is 290 g/mol. The molecule has 1 aromatic rings. The Balaban J connectivity index is 1.85. The van der Waals surface area contributed by atoms with Gasteiger partial charge >= 0.3 is 11.9 Å². The molecule has 2 aliphatic rings. The summed E-state index contributed by atoms with van der Waals surface area (Å²) in [6.45, 7) is 1.73. The summed E-state index contributed by atoms with van der Waals surface area (Å²) in [5.74, 6) is -0.805. The number of rotatable bonds is 3. The fourth-order valence-corrected chi connectivity index (χ4v) is 2.52. The molecule has 0 unspecified atom stereocenters. The van der Waals surface area contributed by atoms with Crippen molar-refractivity contribution in [1.29, 1.82) is 0 Å². The summed E-state index contributed by atoms with van der Waals surface area (Å²) in [5.41, 5.74) is -0.124. The van der Waals surface area contributed by atoms with Gasteiger partial charge in [-0.2, -0.15) is 4.98 Å². The van der Waals surface area contributed by atoms with Gasteiger partial charge in [-0.25, -0.2) is 4.79 Å². The third-order valence-corrected chi connectivity index (χ3v) is 3.57. The number of carbonyl (C=O) groups is 1. The lowest BCUT2D eigenvalue weighted by atomic mass is 9.93. The molecule has 0 aromatic carbocycles. The number of azo groups is 1. The van der Waals surface area contributed by atoms with Crippen LogP contribution in [0.1, 0.15) is 37.9 Å². The van der Waals surface area contributed by atoms with E-state index in [2.05, 4.69) is 25.4 Å². The summed E-state index contributed by atoms with van der Waals surface area (Å²) in [7, 11) is 1.41. The third kappa shape index (κ3) is 2.78. The van der Waals surface area contributed by atoms with Gasteiger partial charge in [-0.05, 0) is 19.8 Å². The zero-order valence-electron chi connectivity index (χ0n) is 12.5. The number of hydrogen-bond acceptors (Lipinski definition) is 8. The fraction of sp³-hybridized carbons (Fsp3) is 0.615. The number of hydrogen-bond donors (Lipinski definition) is 1. The second-order valence-electron chi connectivity index (χ2n) is 5.22. The molecule has 0 saturated heterocycles. The molecule has 0 radical (unpaired) electrons. The monoisotopic (exact) mass is 307 g/mol. The molecule has 3 rings (SSSR count). The predicted molar refractivity (Wildman–Crippen MR) is 72.7 cm³/mol. The van der Waals surface area contributed by atoms with Crippen LogP contribution < -0.4 is 0 Å². The van der Waals surface area contributed by atoms with Crippen molar-refractivity contribution < 1.29 is 19.0 Å². The number of nitrogens with one attached hydrogen (secondary N) is 1. The minimum atomic E-state index is -0.930. The van der Waals surface area contributed by atoms with Gasteiger partial charge in [0.15, 0.2) is 0 Å². The Morgan fingerprint density at radius 1 is 1.23 bits per heavy atom. The van der Waals surface area contributed by atoms with Crippen LogP contribution in [0.15, 0.2) is 21.9 Å². The fourth-order valence-electron chi connectivity index (χ4n) is 2.52. The Labute approximate surface area is 126 Å². The smallest absolute Gasteiger partial charge is 0.369 e. The first-order chi connectivity index (χ1) is 10.6. The Morgan fingerprint density at radius 2 is 2.00 bits per heavy atom. The van der Waals surface area contributed by atoms with Crippen LogP contribution in [0.25, 0.3) is 0 Å². The summed E-state index contributed by atoms with van der Waals surface area (Å²) in [4.78, 5) is 16.2. The number of aryl methyl sites for hydroxylation is 1. The minimum absolute atomic E-state index is 0.0224. The Kier molecular flexibility index (Phi) is 3.78. The van der Waals surface area contributed by atoms with Gasteiger partial charge in [-0.3, -0.25) is 5.10 Å². The SMILES string of the molecule is COC1=C(N=Nc2n[nH]c(C)n2)C(=O)OC2(CCCCC2)O1. The summed E-state index contributed by atoms with van der Waals surface area (Å²) >= 11 is 0. The third-order valence-electron chi connectivity index (χ3n) is 3.57. The van der Waals surface area contributed by atoms with Gasteiger partial charge in [-0.1, -0.05) is 6.42 Å². The summed E-state index contributed by atoms with van der Waals surface area (Å²) in [5, 5.41) is 14.0. The molecule has 9 heteroatoms. The van der Waals surface area contributed by atoms with E-state index in [0.29, 0.717) is 18.7 Å². The van der Waals surface area contributed by atoms with Crippen LogP contribution >= 0.6 is 0 Å². The lowest BCUT2D eigenvalue weighted by Gasteiger charge is -2.39. The molecule has 1 spiro atoms. The number of methoxy groups -OCH3 is 1. The van der Waals surface area contributed by atoms with E-state index in [-0.39, 0.29) is 17.6 Å². The summed E-state index contributed by atoms with van der Waals surface area (Å²) in [6, 6.07) is 0. The number of carbonyl (C=O) groups excluding carboxylic acids is 1. The van der Waals surface area contributed by atoms with Crippen molar-refractivity contribution >= 4 is 11.9 Å². The van der Waals surface area contributed by atoms with Gasteiger partial charge in [0, 0.05) is 12.8 Å². The van der Waals surface area contributed by atoms with E-state index >= 15 is 0 Å². The Hall–Kier alpha value is -2.45. The van der Waals surface area contributed by atoms with Crippen molar-refractivity contribution in [3.05, 3.63) is 17.5 Å². The van der Waals surface area contributed by atoms with Gasteiger partial charge in [0.1, 0.15) is 5.82 Å². The van der Waals surface area contributed by atoms with Crippen molar-refractivity contribution in [2.45, 2.75) is 44.8 Å². The molecule has 1 aliphatic heterocycles. The van der Waals surface area contributed by atoms with Crippen molar-refractivity contribution in [1.82, 2.24) is 15.2 Å². The number of H-pyrrole nitrogens is 1. The minimum Gasteiger partial charge on any atom is -0.467 e. The number of esters is 1. The average Bonchev–Trinajstić information content (AvgIpc) is 2.92. The van der Waals surface area contributed by atoms with E-state index in [4.69, 9.17) is 14.2 Å². The second-order valence-corrected chi connectivity index (χ2v) is 5.22. The highest BCUT2D eigenvalue weighted by Crippen LogP contribution is 2.39. The molecule has 22 heavy (non-hydrogen) atoms. The van der Waals surface area contributed by atoms with Gasteiger partial charge < -0.3 is 14.2 Å². The molecule has 1 aliphatic carbocycles. The van der Waals surface area contributed by atoms with Gasteiger partial charge in [0.25, 0.3) is 17.4 Å². The van der Waals surface area contributed by atoms with Crippen LogP contribution in [-0.2, 0) is 19.0 Å². The molecule has 1 fully saturated rings. The molecule has 9 nitrogen and oxygen atoms in total. The van der Waals surface area contributed by atoms with Crippen LogP contribution in [0, 0.1) is 6.92 Å². The normalized spacial score (nSPS) is 21.1. The highest BCUT2D eigenvalue weighted by molar-refractivity contribution is 5.89. The zero-order valence-corrected chi connectivity index (χ0v) is 12.5. The first-order valence-corrected chi connectivity index (χ1v) is 7.13. The number of nitrogens with zero attached hydrogens (tertiary/aromatic N) is 4. The van der Waals surface area contributed by atoms with Crippen LogP contribution in [-0.4, -0.2) is 34.0 Å². The van der Waals surface area contributed by atoms with Crippen molar-refractivity contribution in [3.63, 3.8) is 0 Å². The van der Waals surface area contributed by atoms with Crippen LogP contribution in [0.3, 0.4) is 0 Å². The highest BCUT2D eigenvalue weighted by Gasteiger charge is 2.45. The maximum absolute atomic E-state index is 12.2. The van der Waals surface area contributed by atoms with Gasteiger partial charge in [-0.15, -0.1) is 15.3 Å². The molecule has 118 valence electrons. The lowest BCUT2D eigenvalue weighted by Crippen LogP contribution is -2.44. The van der Waals surface area contributed by atoms with Gasteiger partial charge in [0.2, 0.25) is 0 Å². The molecule has 1 N–H and O–H groups in total. The number of aromatic nitrogens is 3. The van der Waals surface area contributed by atoms with Crippen LogP contribution in [0.5, 0.6) is 0 Å². The zero-order chi connectivity index (χ0) is 15.6. The molecule has 0 atom stereocenters. The van der Waals surface area contributed by atoms with Crippen molar-refractivity contribution in [2.75, 3.05) is 7.11 Å². The van der Waals surface area contributed by atoms with E-state index < -0.39 is 11.8 Å². The molecular formula is C13H17N5O4. The quantitative estimate of drug-likeness (QED) is 0.677. The molecule has 1 saturated carbocycles. The number of aromatic amines is 1. The lowest BCUT2D eigenvalue weighted by molar-refractivity contribution is -0.252. The Morgan fingerprint density at radius 3 is 2.64 bits per heavy atom. The summed E-state index contributed by atoms with van der Waals surface area (Å²) in [6.07, 6.45) is 4.28. The predicted octanol–water partition coefficient (Wildman–Crippen LogP) is 2.25. The summed E-state index contributed by atoms with van der Waals surface area (Å²) < 4.78 is 16.4.